The molecule has 3 unspecified atom stereocenters. The second-order valence-corrected chi connectivity index (χ2v) is 6.93. The summed E-state index contributed by atoms with van der Waals surface area (Å²) in [6.45, 7) is 7.10. The number of carbonyl (C=O) groups excluding carboxylic acids is 1. The molecule has 0 bridgehead atoms. The lowest BCUT2D eigenvalue weighted by Gasteiger charge is -2.36. The number of carbonyl (C=O) groups is 1. The third kappa shape index (κ3) is 4.03. The molecule has 2 aliphatic rings. The molecule has 0 aromatic heterocycles. The highest BCUT2D eigenvalue weighted by Crippen LogP contribution is 2.37. The molecule has 0 amide bonds. The van der Waals surface area contributed by atoms with Crippen LogP contribution in [-0.2, 0) is 14.3 Å². The van der Waals surface area contributed by atoms with Crippen LogP contribution in [0.4, 0.5) is 0 Å². The van der Waals surface area contributed by atoms with Crippen molar-refractivity contribution in [3.05, 3.63) is 0 Å². The van der Waals surface area contributed by atoms with Gasteiger partial charge in [0, 0.05) is 32.0 Å². The molecule has 1 spiro atoms. The number of hydrogen-bond acceptors (Lipinski definition) is 4. The third-order valence-corrected chi connectivity index (χ3v) is 4.64. The smallest absolute Gasteiger partial charge is 0.136 e. The van der Waals surface area contributed by atoms with Crippen LogP contribution in [-0.4, -0.2) is 37.7 Å². The number of hydrogen-bond donors (Lipinski definition) is 1. The lowest BCUT2D eigenvalue weighted by molar-refractivity contribution is -0.138. The van der Waals surface area contributed by atoms with Gasteiger partial charge in [-0.1, -0.05) is 13.8 Å². The summed E-state index contributed by atoms with van der Waals surface area (Å²) in [6, 6.07) is 0. The van der Waals surface area contributed by atoms with Crippen molar-refractivity contribution in [2.75, 3.05) is 26.4 Å². The van der Waals surface area contributed by atoms with Crippen LogP contribution in [0, 0.1) is 17.8 Å². The Hall–Kier alpha value is -0.450. The Balaban J connectivity index is 1.88. The van der Waals surface area contributed by atoms with Crippen molar-refractivity contribution in [2.45, 2.75) is 51.6 Å². The summed E-state index contributed by atoms with van der Waals surface area (Å²) >= 11 is 0. The van der Waals surface area contributed by atoms with E-state index in [1.54, 1.807) is 0 Å². The molecule has 3 atom stereocenters. The van der Waals surface area contributed by atoms with Crippen LogP contribution in [0.3, 0.4) is 0 Å². The van der Waals surface area contributed by atoms with Gasteiger partial charge in [0.25, 0.3) is 0 Å². The zero-order valence-electron chi connectivity index (χ0n) is 12.9. The first-order valence-electron chi connectivity index (χ1n) is 7.99. The minimum absolute atomic E-state index is 0.145. The first-order chi connectivity index (χ1) is 9.54. The second-order valence-electron chi connectivity index (χ2n) is 6.93. The minimum atomic E-state index is -0.172. The van der Waals surface area contributed by atoms with Gasteiger partial charge in [-0.05, 0) is 37.6 Å². The van der Waals surface area contributed by atoms with Gasteiger partial charge in [0.2, 0.25) is 0 Å². The van der Waals surface area contributed by atoms with Gasteiger partial charge in [0.05, 0.1) is 12.2 Å². The fourth-order valence-corrected chi connectivity index (χ4v) is 3.55. The van der Waals surface area contributed by atoms with Gasteiger partial charge < -0.3 is 15.2 Å². The molecule has 4 heteroatoms. The van der Waals surface area contributed by atoms with Gasteiger partial charge in [-0.3, -0.25) is 4.79 Å². The van der Waals surface area contributed by atoms with Gasteiger partial charge in [-0.15, -0.1) is 0 Å². The Labute approximate surface area is 122 Å². The molecule has 4 nitrogen and oxygen atoms in total. The molecule has 0 aromatic rings. The Morgan fingerprint density at radius 2 is 2.20 bits per heavy atom. The standard InChI is InChI=1S/C16H29NO3/c1-12(2)7-13(10-17)8-15(18)14-3-5-20-16(9-14)4-6-19-11-16/h12-14H,3-11,17H2,1-2H3. The molecule has 2 saturated heterocycles. The lowest BCUT2D eigenvalue weighted by Crippen LogP contribution is -2.42. The highest BCUT2D eigenvalue weighted by Gasteiger charge is 2.42. The zero-order chi connectivity index (χ0) is 14.6. The number of ketones is 1. The maximum absolute atomic E-state index is 12.5. The fraction of sp³-hybridized carbons (Fsp3) is 0.938. The molecule has 0 radical (unpaired) electrons. The molecule has 2 fully saturated rings. The van der Waals surface area contributed by atoms with Gasteiger partial charge in [-0.2, -0.15) is 0 Å². The highest BCUT2D eigenvalue weighted by molar-refractivity contribution is 5.81. The first kappa shape index (κ1) is 15.9. The normalized spacial score (nSPS) is 31.9. The summed E-state index contributed by atoms with van der Waals surface area (Å²) in [6.07, 6.45) is 4.31. The van der Waals surface area contributed by atoms with Crippen LogP contribution in [0.25, 0.3) is 0 Å². The minimum Gasteiger partial charge on any atom is -0.378 e. The van der Waals surface area contributed by atoms with E-state index >= 15 is 0 Å². The summed E-state index contributed by atoms with van der Waals surface area (Å²) in [4.78, 5) is 12.5. The fourth-order valence-electron chi connectivity index (χ4n) is 3.55. The Kier molecular flexibility index (Phi) is 5.58. The topological polar surface area (TPSA) is 61.6 Å². The van der Waals surface area contributed by atoms with Crippen molar-refractivity contribution < 1.29 is 14.3 Å². The number of ether oxygens (including phenoxy) is 2. The summed E-state index contributed by atoms with van der Waals surface area (Å²) in [5, 5.41) is 0. The molecular weight excluding hydrogens is 254 g/mol. The van der Waals surface area contributed by atoms with E-state index in [0.717, 1.165) is 32.3 Å². The molecular formula is C16H29NO3. The summed E-state index contributed by atoms with van der Waals surface area (Å²) in [5.74, 6) is 1.46. The Bertz CT molecular complexity index is 324. The monoisotopic (exact) mass is 283 g/mol. The molecule has 2 heterocycles. The number of nitrogens with two attached hydrogens (primary N) is 1. The zero-order valence-corrected chi connectivity index (χ0v) is 12.9. The molecule has 116 valence electrons. The summed E-state index contributed by atoms with van der Waals surface area (Å²) in [7, 11) is 0. The van der Waals surface area contributed by atoms with Crippen molar-refractivity contribution in [1.29, 1.82) is 0 Å². The van der Waals surface area contributed by atoms with Crippen molar-refractivity contribution in [3.8, 4) is 0 Å². The predicted molar refractivity (Wildman–Crippen MR) is 78.5 cm³/mol. The van der Waals surface area contributed by atoms with Crippen LogP contribution >= 0.6 is 0 Å². The van der Waals surface area contributed by atoms with Crippen molar-refractivity contribution in [1.82, 2.24) is 0 Å². The molecule has 0 aromatic carbocycles. The Morgan fingerprint density at radius 1 is 1.40 bits per heavy atom. The van der Waals surface area contributed by atoms with Crippen molar-refractivity contribution in [2.24, 2.45) is 23.5 Å². The van der Waals surface area contributed by atoms with Gasteiger partial charge >= 0.3 is 0 Å². The van der Waals surface area contributed by atoms with E-state index in [1.807, 2.05) is 0 Å². The molecule has 0 saturated carbocycles. The van der Waals surface area contributed by atoms with Gasteiger partial charge in [-0.25, -0.2) is 0 Å². The Morgan fingerprint density at radius 3 is 2.80 bits per heavy atom. The third-order valence-electron chi connectivity index (χ3n) is 4.64. The predicted octanol–water partition coefficient (Wildman–Crippen LogP) is 2.15. The van der Waals surface area contributed by atoms with E-state index < -0.39 is 0 Å². The van der Waals surface area contributed by atoms with E-state index in [1.165, 1.54) is 0 Å². The maximum atomic E-state index is 12.5. The van der Waals surface area contributed by atoms with Crippen LogP contribution < -0.4 is 5.73 Å². The van der Waals surface area contributed by atoms with E-state index in [9.17, 15) is 4.79 Å². The van der Waals surface area contributed by atoms with Crippen LogP contribution in [0.5, 0.6) is 0 Å². The van der Waals surface area contributed by atoms with Gasteiger partial charge in [0.1, 0.15) is 5.78 Å². The quantitative estimate of drug-likeness (QED) is 0.811. The van der Waals surface area contributed by atoms with Gasteiger partial charge in [0.15, 0.2) is 0 Å². The summed E-state index contributed by atoms with van der Waals surface area (Å²) in [5.41, 5.74) is 5.65. The molecule has 20 heavy (non-hydrogen) atoms. The van der Waals surface area contributed by atoms with Crippen LogP contribution in [0.1, 0.15) is 46.0 Å². The molecule has 0 aliphatic carbocycles. The second kappa shape index (κ2) is 7.01. The average molecular weight is 283 g/mol. The number of rotatable bonds is 6. The highest BCUT2D eigenvalue weighted by atomic mass is 16.6. The largest absolute Gasteiger partial charge is 0.378 e. The average Bonchev–Trinajstić information content (AvgIpc) is 2.85. The van der Waals surface area contributed by atoms with Crippen LogP contribution in [0.15, 0.2) is 0 Å². The molecule has 2 rings (SSSR count). The molecule has 2 aliphatic heterocycles. The SMILES string of the molecule is CC(C)CC(CN)CC(=O)C1CCOC2(CCOC2)C1. The first-order valence-corrected chi connectivity index (χ1v) is 7.99. The van der Waals surface area contributed by atoms with Crippen LogP contribution in [0.2, 0.25) is 0 Å². The van der Waals surface area contributed by atoms with E-state index in [4.69, 9.17) is 15.2 Å². The van der Waals surface area contributed by atoms with E-state index in [0.29, 0.717) is 43.8 Å². The lowest BCUT2D eigenvalue weighted by atomic mass is 9.80. The summed E-state index contributed by atoms with van der Waals surface area (Å²) < 4.78 is 11.4. The van der Waals surface area contributed by atoms with E-state index in [-0.39, 0.29) is 11.5 Å². The van der Waals surface area contributed by atoms with Crippen molar-refractivity contribution >= 4 is 5.78 Å². The van der Waals surface area contributed by atoms with Crippen molar-refractivity contribution in [3.63, 3.8) is 0 Å². The van der Waals surface area contributed by atoms with E-state index in [2.05, 4.69) is 13.8 Å². The maximum Gasteiger partial charge on any atom is 0.136 e. The number of Topliss-reactive ketones (excluding diaryl/α,β-unsaturated/α-hetero) is 1. The molecule has 2 N–H and O–H groups in total.